The van der Waals surface area contributed by atoms with Crippen molar-refractivity contribution in [3.63, 3.8) is 0 Å². The SMILES string of the molecule is Cc1ccccc1CC(OC(C)C)c1c(C)cccc1C. The monoisotopic (exact) mass is 282 g/mol. The first kappa shape index (κ1) is 15.8. The van der Waals surface area contributed by atoms with Gasteiger partial charge in [-0.3, -0.25) is 0 Å². The van der Waals surface area contributed by atoms with E-state index in [0.29, 0.717) is 0 Å². The summed E-state index contributed by atoms with van der Waals surface area (Å²) in [6, 6.07) is 15.1. The molecule has 1 unspecified atom stereocenters. The molecule has 0 N–H and O–H groups in total. The second-order valence-electron chi connectivity index (χ2n) is 6.11. The van der Waals surface area contributed by atoms with Crippen LogP contribution in [-0.2, 0) is 11.2 Å². The highest BCUT2D eigenvalue weighted by Crippen LogP contribution is 2.30. The molecule has 112 valence electrons. The quantitative estimate of drug-likeness (QED) is 0.721. The van der Waals surface area contributed by atoms with Crippen LogP contribution in [0, 0.1) is 20.8 Å². The Bertz CT molecular complexity index is 578. The Morgan fingerprint density at radius 2 is 1.38 bits per heavy atom. The minimum absolute atomic E-state index is 0.118. The zero-order valence-electron chi connectivity index (χ0n) is 13.8. The van der Waals surface area contributed by atoms with Gasteiger partial charge in [0.1, 0.15) is 0 Å². The standard InChI is InChI=1S/C20H26O/c1-14(2)21-19(13-18-12-7-6-9-15(18)3)20-16(4)10-8-11-17(20)5/h6-12,14,19H,13H2,1-5H3. The molecule has 0 spiro atoms. The van der Waals surface area contributed by atoms with E-state index in [2.05, 4.69) is 77.1 Å². The lowest BCUT2D eigenvalue weighted by molar-refractivity contribution is 0.00612. The van der Waals surface area contributed by atoms with Crippen molar-refractivity contribution in [2.45, 2.75) is 53.2 Å². The predicted molar refractivity (Wildman–Crippen MR) is 89.8 cm³/mol. The summed E-state index contributed by atoms with van der Waals surface area (Å²) in [6.07, 6.45) is 1.27. The zero-order valence-corrected chi connectivity index (χ0v) is 13.8. The fraction of sp³-hybridized carbons (Fsp3) is 0.400. The van der Waals surface area contributed by atoms with Crippen LogP contribution < -0.4 is 0 Å². The molecule has 0 aliphatic rings. The normalized spacial score (nSPS) is 12.7. The van der Waals surface area contributed by atoms with Crippen LogP contribution >= 0.6 is 0 Å². The molecule has 0 saturated heterocycles. The molecule has 0 aliphatic heterocycles. The average molecular weight is 282 g/mol. The predicted octanol–water partition coefficient (Wildman–Crippen LogP) is 5.32. The van der Waals surface area contributed by atoms with E-state index >= 15 is 0 Å². The smallest absolute Gasteiger partial charge is 0.0873 e. The fourth-order valence-corrected chi connectivity index (χ4v) is 2.92. The molecule has 0 radical (unpaired) electrons. The Kier molecular flexibility index (Phi) is 5.19. The largest absolute Gasteiger partial charge is 0.371 e. The molecule has 0 heterocycles. The summed E-state index contributed by atoms with van der Waals surface area (Å²) in [5, 5.41) is 0. The molecule has 0 aromatic heterocycles. The first-order valence-corrected chi connectivity index (χ1v) is 7.75. The van der Waals surface area contributed by atoms with Crippen molar-refractivity contribution < 1.29 is 4.74 Å². The van der Waals surface area contributed by atoms with Crippen LogP contribution in [0.2, 0.25) is 0 Å². The van der Waals surface area contributed by atoms with Gasteiger partial charge in [-0.2, -0.15) is 0 Å². The number of ether oxygens (including phenoxy) is 1. The summed E-state index contributed by atoms with van der Waals surface area (Å²) in [5.41, 5.74) is 6.67. The fourth-order valence-electron chi connectivity index (χ4n) is 2.92. The second-order valence-corrected chi connectivity index (χ2v) is 6.11. The molecule has 0 amide bonds. The van der Waals surface area contributed by atoms with Gasteiger partial charge in [-0.15, -0.1) is 0 Å². The van der Waals surface area contributed by atoms with E-state index in [-0.39, 0.29) is 12.2 Å². The summed E-state index contributed by atoms with van der Waals surface area (Å²) in [4.78, 5) is 0. The third-order valence-electron chi connectivity index (χ3n) is 3.97. The maximum Gasteiger partial charge on any atom is 0.0873 e. The van der Waals surface area contributed by atoms with Gasteiger partial charge in [-0.25, -0.2) is 0 Å². The van der Waals surface area contributed by atoms with Gasteiger partial charge in [-0.1, -0.05) is 42.5 Å². The lowest BCUT2D eigenvalue weighted by atomic mass is 9.92. The highest BCUT2D eigenvalue weighted by molar-refractivity contribution is 5.37. The highest BCUT2D eigenvalue weighted by atomic mass is 16.5. The summed E-state index contributed by atoms with van der Waals surface area (Å²) in [7, 11) is 0. The van der Waals surface area contributed by atoms with Crippen LogP contribution in [0.5, 0.6) is 0 Å². The third-order valence-corrected chi connectivity index (χ3v) is 3.97. The number of hydrogen-bond acceptors (Lipinski definition) is 1. The molecule has 1 atom stereocenters. The lowest BCUT2D eigenvalue weighted by Crippen LogP contribution is -2.16. The van der Waals surface area contributed by atoms with Crippen LogP contribution in [-0.4, -0.2) is 6.10 Å². The van der Waals surface area contributed by atoms with E-state index in [1.807, 2.05) is 0 Å². The third kappa shape index (κ3) is 3.95. The number of rotatable bonds is 5. The maximum absolute atomic E-state index is 6.26. The first-order chi connectivity index (χ1) is 9.99. The Morgan fingerprint density at radius 1 is 0.810 bits per heavy atom. The highest BCUT2D eigenvalue weighted by Gasteiger charge is 2.19. The van der Waals surface area contributed by atoms with Gasteiger partial charge in [0.2, 0.25) is 0 Å². The van der Waals surface area contributed by atoms with Crippen molar-refractivity contribution in [1.29, 1.82) is 0 Å². The summed E-state index contributed by atoms with van der Waals surface area (Å²) >= 11 is 0. The molecule has 0 fully saturated rings. The minimum atomic E-state index is 0.118. The van der Waals surface area contributed by atoms with Crippen LogP contribution in [0.4, 0.5) is 0 Å². The number of benzene rings is 2. The molecule has 0 saturated carbocycles. The van der Waals surface area contributed by atoms with Crippen molar-refractivity contribution in [2.24, 2.45) is 0 Å². The van der Waals surface area contributed by atoms with Gasteiger partial charge in [0.25, 0.3) is 0 Å². The van der Waals surface area contributed by atoms with E-state index in [0.717, 1.165) is 6.42 Å². The molecular weight excluding hydrogens is 256 g/mol. The van der Waals surface area contributed by atoms with Crippen LogP contribution in [0.1, 0.15) is 47.8 Å². The Morgan fingerprint density at radius 3 is 1.95 bits per heavy atom. The Labute approximate surface area is 129 Å². The van der Waals surface area contributed by atoms with Crippen LogP contribution in [0.25, 0.3) is 0 Å². The van der Waals surface area contributed by atoms with Crippen LogP contribution in [0.15, 0.2) is 42.5 Å². The zero-order chi connectivity index (χ0) is 15.4. The van der Waals surface area contributed by atoms with Crippen molar-refractivity contribution in [1.82, 2.24) is 0 Å². The maximum atomic E-state index is 6.26. The second kappa shape index (κ2) is 6.91. The topological polar surface area (TPSA) is 9.23 Å². The van der Waals surface area contributed by atoms with Gasteiger partial charge in [-0.05, 0) is 62.4 Å². The molecule has 2 rings (SSSR count). The number of aryl methyl sites for hydroxylation is 3. The van der Waals surface area contributed by atoms with E-state index in [1.165, 1.54) is 27.8 Å². The van der Waals surface area contributed by atoms with E-state index in [4.69, 9.17) is 4.74 Å². The average Bonchev–Trinajstić information content (AvgIpc) is 2.40. The van der Waals surface area contributed by atoms with Crippen molar-refractivity contribution in [2.75, 3.05) is 0 Å². The van der Waals surface area contributed by atoms with Crippen molar-refractivity contribution in [3.8, 4) is 0 Å². The molecule has 21 heavy (non-hydrogen) atoms. The summed E-state index contributed by atoms with van der Waals surface area (Å²) in [6.45, 7) is 10.7. The Hall–Kier alpha value is -1.60. The van der Waals surface area contributed by atoms with Gasteiger partial charge in [0.15, 0.2) is 0 Å². The van der Waals surface area contributed by atoms with Crippen LogP contribution in [0.3, 0.4) is 0 Å². The van der Waals surface area contributed by atoms with E-state index < -0.39 is 0 Å². The van der Waals surface area contributed by atoms with Gasteiger partial charge in [0.05, 0.1) is 12.2 Å². The van der Waals surface area contributed by atoms with Gasteiger partial charge < -0.3 is 4.74 Å². The van der Waals surface area contributed by atoms with Crippen molar-refractivity contribution in [3.05, 3.63) is 70.3 Å². The first-order valence-electron chi connectivity index (χ1n) is 7.75. The molecule has 0 bridgehead atoms. The molecule has 1 heteroatoms. The van der Waals surface area contributed by atoms with Crippen molar-refractivity contribution >= 4 is 0 Å². The molecular formula is C20H26O. The van der Waals surface area contributed by atoms with E-state index in [1.54, 1.807) is 0 Å². The van der Waals surface area contributed by atoms with E-state index in [9.17, 15) is 0 Å². The molecule has 2 aromatic rings. The number of hydrogen-bond donors (Lipinski definition) is 0. The minimum Gasteiger partial charge on any atom is -0.371 e. The molecule has 0 aliphatic carbocycles. The lowest BCUT2D eigenvalue weighted by Gasteiger charge is -2.25. The van der Waals surface area contributed by atoms with Gasteiger partial charge >= 0.3 is 0 Å². The Balaban J connectivity index is 2.37. The van der Waals surface area contributed by atoms with Gasteiger partial charge in [0, 0.05) is 6.42 Å². The molecule has 2 aromatic carbocycles. The summed E-state index contributed by atoms with van der Waals surface area (Å²) < 4.78 is 6.26. The molecule has 1 nitrogen and oxygen atoms in total. The summed E-state index contributed by atoms with van der Waals surface area (Å²) in [5.74, 6) is 0.